The summed E-state index contributed by atoms with van der Waals surface area (Å²) in [6.07, 6.45) is 5.48. The molecule has 29 heavy (non-hydrogen) atoms. The van der Waals surface area contributed by atoms with E-state index in [0.717, 1.165) is 28.7 Å². The van der Waals surface area contributed by atoms with Crippen LogP contribution >= 0.6 is 0 Å². The van der Waals surface area contributed by atoms with Gasteiger partial charge in [0.25, 0.3) is 5.79 Å². The van der Waals surface area contributed by atoms with Gasteiger partial charge in [0.2, 0.25) is 0 Å². The van der Waals surface area contributed by atoms with Gasteiger partial charge in [0.15, 0.2) is 0 Å². The molecule has 0 bridgehead atoms. The third kappa shape index (κ3) is 3.76. The van der Waals surface area contributed by atoms with Crippen LogP contribution in [0.4, 0.5) is 0 Å². The van der Waals surface area contributed by atoms with Crippen molar-refractivity contribution in [1.29, 1.82) is 0 Å². The summed E-state index contributed by atoms with van der Waals surface area (Å²) in [5.41, 5.74) is 4.83. The lowest BCUT2D eigenvalue weighted by Crippen LogP contribution is -2.31. The molecule has 0 radical (unpaired) electrons. The van der Waals surface area contributed by atoms with Crippen LogP contribution in [0.25, 0.3) is 5.57 Å². The number of ether oxygens (including phenoxy) is 1. The van der Waals surface area contributed by atoms with Crippen LogP contribution in [0.15, 0.2) is 54.1 Å². The quantitative estimate of drug-likeness (QED) is 0.684. The van der Waals surface area contributed by atoms with Gasteiger partial charge in [-0.2, -0.15) is 0 Å². The molecule has 0 saturated heterocycles. The average Bonchev–Trinajstić information content (AvgIpc) is 2.94. The Hall–Kier alpha value is -2.39. The Morgan fingerprint density at radius 1 is 1.03 bits per heavy atom. The second-order valence-corrected chi connectivity index (χ2v) is 8.85. The van der Waals surface area contributed by atoms with Gasteiger partial charge in [-0.05, 0) is 50.2 Å². The Labute approximate surface area is 173 Å². The molecule has 0 aromatic heterocycles. The molecule has 1 aliphatic carbocycles. The number of carbonyl (C=O) groups is 1. The fourth-order valence-corrected chi connectivity index (χ4v) is 4.92. The number of hydrogen-bond acceptors (Lipinski definition) is 3. The van der Waals surface area contributed by atoms with Crippen molar-refractivity contribution in [3.63, 3.8) is 0 Å². The third-order valence-electron chi connectivity index (χ3n) is 6.63. The highest BCUT2D eigenvalue weighted by molar-refractivity contribution is 6.20. The second kappa shape index (κ2) is 7.79. The molecule has 0 spiro atoms. The van der Waals surface area contributed by atoms with E-state index in [0.29, 0.717) is 29.4 Å². The molecule has 2 aromatic carbocycles. The maximum atomic E-state index is 13.1. The van der Waals surface area contributed by atoms with Crippen LogP contribution in [0.3, 0.4) is 0 Å². The molecule has 3 atom stereocenters. The first kappa shape index (κ1) is 19.9. The zero-order chi connectivity index (χ0) is 20.6. The van der Waals surface area contributed by atoms with E-state index in [1.54, 1.807) is 0 Å². The number of cyclic esters (lactones) is 1. The number of hydrogen-bond donors (Lipinski definition) is 1. The lowest BCUT2D eigenvalue weighted by molar-refractivity contribution is -0.186. The molecule has 2 aromatic rings. The van der Waals surface area contributed by atoms with Gasteiger partial charge >= 0.3 is 5.97 Å². The summed E-state index contributed by atoms with van der Waals surface area (Å²) in [4.78, 5) is 13.1. The molecular weight excluding hydrogens is 360 g/mol. The van der Waals surface area contributed by atoms with Gasteiger partial charge in [-0.3, -0.25) is 0 Å². The van der Waals surface area contributed by atoms with Gasteiger partial charge < -0.3 is 9.84 Å². The number of rotatable bonds is 4. The molecule has 1 fully saturated rings. The minimum absolute atomic E-state index is 0.432. The van der Waals surface area contributed by atoms with Crippen LogP contribution in [0.5, 0.6) is 0 Å². The van der Waals surface area contributed by atoms with Crippen molar-refractivity contribution in [1.82, 2.24) is 0 Å². The highest BCUT2D eigenvalue weighted by Crippen LogP contribution is 2.48. The molecule has 1 saturated carbocycles. The summed E-state index contributed by atoms with van der Waals surface area (Å²) in [6, 6.07) is 15.6. The van der Waals surface area contributed by atoms with Gasteiger partial charge in [0.1, 0.15) is 0 Å². The molecule has 152 valence electrons. The summed E-state index contributed by atoms with van der Waals surface area (Å²) >= 11 is 0. The first-order chi connectivity index (χ1) is 13.9. The smallest absolute Gasteiger partial charge is 0.341 e. The molecule has 1 N–H and O–H groups in total. The first-order valence-electron chi connectivity index (χ1n) is 10.7. The zero-order valence-electron chi connectivity index (χ0n) is 17.6. The number of carbonyl (C=O) groups excluding carboxylic acids is 1. The molecule has 2 aliphatic rings. The Morgan fingerprint density at radius 3 is 2.41 bits per heavy atom. The Morgan fingerprint density at radius 2 is 1.72 bits per heavy atom. The topological polar surface area (TPSA) is 46.5 Å². The van der Waals surface area contributed by atoms with E-state index < -0.39 is 11.8 Å². The van der Waals surface area contributed by atoms with E-state index >= 15 is 0 Å². The SMILES string of the molecule is Cc1cccc(C2=C(CC3CCCCC3C)C(O)(c3cccc(C)c3)OC2=O)c1. The van der Waals surface area contributed by atoms with Crippen LogP contribution in [0.1, 0.15) is 61.3 Å². The fourth-order valence-electron chi connectivity index (χ4n) is 4.92. The summed E-state index contributed by atoms with van der Waals surface area (Å²) in [5.74, 6) is -1.10. The van der Waals surface area contributed by atoms with Crippen LogP contribution in [0, 0.1) is 25.7 Å². The van der Waals surface area contributed by atoms with E-state index in [-0.39, 0.29) is 0 Å². The van der Waals surface area contributed by atoms with Gasteiger partial charge in [-0.15, -0.1) is 0 Å². The van der Waals surface area contributed by atoms with E-state index in [9.17, 15) is 9.90 Å². The summed E-state index contributed by atoms with van der Waals surface area (Å²) in [5, 5.41) is 11.7. The summed E-state index contributed by atoms with van der Waals surface area (Å²) in [6.45, 7) is 6.29. The van der Waals surface area contributed by atoms with Crippen molar-refractivity contribution in [3.8, 4) is 0 Å². The van der Waals surface area contributed by atoms with Crippen molar-refractivity contribution < 1.29 is 14.6 Å². The average molecular weight is 391 g/mol. The highest BCUT2D eigenvalue weighted by atomic mass is 16.7. The largest absolute Gasteiger partial charge is 0.421 e. The number of esters is 1. The van der Waals surface area contributed by atoms with E-state index in [1.165, 1.54) is 19.3 Å². The summed E-state index contributed by atoms with van der Waals surface area (Å²) in [7, 11) is 0. The monoisotopic (exact) mass is 390 g/mol. The van der Waals surface area contributed by atoms with Crippen LogP contribution in [0.2, 0.25) is 0 Å². The molecule has 1 heterocycles. The molecule has 4 rings (SSSR count). The van der Waals surface area contributed by atoms with E-state index in [2.05, 4.69) is 6.92 Å². The molecule has 3 nitrogen and oxygen atoms in total. The van der Waals surface area contributed by atoms with Gasteiger partial charge in [0, 0.05) is 11.1 Å². The first-order valence-corrected chi connectivity index (χ1v) is 10.7. The van der Waals surface area contributed by atoms with Crippen LogP contribution in [-0.4, -0.2) is 11.1 Å². The van der Waals surface area contributed by atoms with Crippen LogP contribution in [-0.2, 0) is 15.3 Å². The van der Waals surface area contributed by atoms with Crippen LogP contribution < -0.4 is 0 Å². The zero-order valence-corrected chi connectivity index (χ0v) is 17.6. The second-order valence-electron chi connectivity index (χ2n) is 8.85. The molecule has 1 aliphatic heterocycles. The predicted octanol–water partition coefficient (Wildman–Crippen LogP) is 5.68. The predicted molar refractivity (Wildman–Crippen MR) is 115 cm³/mol. The van der Waals surface area contributed by atoms with Gasteiger partial charge in [-0.25, -0.2) is 4.79 Å². The van der Waals surface area contributed by atoms with Crippen molar-refractivity contribution in [2.45, 2.75) is 58.7 Å². The molecule has 3 unspecified atom stereocenters. The van der Waals surface area contributed by atoms with E-state index in [1.807, 2.05) is 62.4 Å². The minimum atomic E-state index is -1.70. The van der Waals surface area contributed by atoms with Crippen molar-refractivity contribution in [2.75, 3.05) is 0 Å². The third-order valence-corrected chi connectivity index (χ3v) is 6.63. The standard InChI is InChI=1S/C26H30O3/c1-17-8-6-12-21(14-17)24-23(16-20-11-5-4-10-19(20)3)26(28,29-25(24)27)22-13-7-9-18(2)15-22/h6-9,12-15,19-20,28H,4-5,10-11,16H2,1-3H3. The maximum Gasteiger partial charge on any atom is 0.341 e. The Balaban J connectivity index is 1.86. The van der Waals surface area contributed by atoms with Gasteiger partial charge in [0.05, 0.1) is 5.57 Å². The molecule has 0 amide bonds. The minimum Gasteiger partial charge on any atom is -0.421 e. The highest BCUT2D eigenvalue weighted by Gasteiger charge is 2.49. The lowest BCUT2D eigenvalue weighted by atomic mass is 9.74. The molecular formula is C26H30O3. The Kier molecular flexibility index (Phi) is 5.35. The van der Waals surface area contributed by atoms with Crippen molar-refractivity contribution in [3.05, 3.63) is 76.4 Å². The normalized spacial score (nSPS) is 27.2. The number of aryl methyl sites for hydroxylation is 2. The summed E-state index contributed by atoms with van der Waals surface area (Å²) < 4.78 is 5.73. The van der Waals surface area contributed by atoms with Gasteiger partial charge in [-0.1, -0.05) is 79.8 Å². The maximum absolute atomic E-state index is 13.1. The van der Waals surface area contributed by atoms with Crippen molar-refractivity contribution in [2.24, 2.45) is 11.8 Å². The number of benzene rings is 2. The lowest BCUT2D eigenvalue weighted by Gasteiger charge is -2.33. The van der Waals surface area contributed by atoms with Crippen molar-refractivity contribution >= 4 is 11.5 Å². The fraction of sp³-hybridized carbons (Fsp3) is 0.423. The molecule has 3 heteroatoms. The van der Waals surface area contributed by atoms with E-state index in [4.69, 9.17) is 4.74 Å². The number of aliphatic hydroxyl groups is 1. The Bertz CT molecular complexity index is 958.